The van der Waals surface area contributed by atoms with Crippen LogP contribution in [0.5, 0.6) is 11.6 Å². The van der Waals surface area contributed by atoms with E-state index in [1.807, 2.05) is 29.7 Å². The Bertz CT molecular complexity index is 809. The lowest BCUT2D eigenvalue weighted by atomic mass is 10.0. The number of anilines is 1. The lowest BCUT2D eigenvalue weighted by Crippen LogP contribution is -2.14. The van der Waals surface area contributed by atoms with Crippen LogP contribution in [0, 0.1) is 0 Å². The Hall–Kier alpha value is -2.67. The van der Waals surface area contributed by atoms with Gasteiger partial charge in [-0.1, -0.05) is 18.2 Å². The SMILES string of the molecule is COc1ccc(CCNc2cc(OC)nc(C3C=CSC3/C=N/O)c2)cc1. The number of nitrogens with zero attached hydrogens (tertiary/aromatic N) is 2. The molecule has 142 valence electrons. The zero-order valence-electron chi connectivity index (χ0n) is 15.3. The Morgan fingerprint density at radius 1 is 1.22 bits per heavy atom. The van der Waals surface area contributed by atoms with Gasteiger partial charge in [0.05, 0.1) is 31.4 Å². The van der Waals surface area contributed by atoms with Crippen molar-refractivity contribution in [3.05, 3.63) is 59.1 Å². The zero-order valence-corrected chi connectivity index (χ0v) is 16.1. The van der Waals surface area contributed by atoms with Gasteiger partial charge in [0.2, 0.25) is 5.88 Å². The number of rotatable bonds is 8. The van der Waals surface area contributed by atoms with Crippen molar-refractivity contribution >= 4 is 23.7 Å². The number of methoxy groups -OCH3 is 2. The lowest BCUT2D eigenvalue weighted by molar-refractivity contribution is 0.320. The predicted molar refractivity (Wildman–Crippen MR) is 110 cm³/mol. The van der Waals surface area contributed by atoms with E-state index >= 15 is 0 Å². The van der Waals surface area contributed by atoms with Gasteiger partial charge in [0.25, 0.3) is 0 Å². The van der Waals surface area contributed by atoms with Crippen LogP contribution in [-0.4, -0.2) is 42.4 Å². The fourth-order valence-electron chi connectivity index (χ4n) is 2.92. The first-order chi connectivity index (χ1) is 13.2. The van der Waals surface area contributed by atoms with Crippen molar-refractivity contribution in [1.29, 1.82) is 0 Å². The molecular formula is C20H23N3O3S. The summed E-state index contributed by atoms with van der Waals surface area (Å²) in [4.78, 5) is 4.57. The van der Waals surface area contributed by atoms with E-state index in [9.17, 15) is 0 Å². The highest BCUT2D eigenvalue weighted by molar-refractivity contribution is 8.03. The van der Waals surface area contributed by atoms with Crippen LogP contribution in [0.2, 0.25) is 0 Å². The minimum absolute atomic E-state index is 0.0294. The number of ether oxygens (including phenoxy) is 2. The molecule has 2 heterocycles. The van der Waals surface area contributed by atoms with Crippen LogP contribution in [-0.2, 0) is 6.42 Å². The molecule has 2 atom stereocenters. The highest BCUT2D eigenvalue weighted by Crippen LogP contribution is 2.37. The molecule has 2 unspecified atom stereocenters. The smallest absolute Gasteiger partial charge is 0.215 e. The summed E-state index contributed by atoms with van der Waals surface area (Å²) in [6.07, 6.45) is 4.50. The molecule has 1 aromatic heterocycles. The number of benzene rings is 1. The molecule has 0 aliphatic carbocycles. The second-order valence-electron chi connectivity index (χ2n) is 6.07. The van der Waals surface area contributed by atoms with Crippen molar-refractivity contribution in [3.63, 3.8) is 0 Å². The lowest BCUT2D eigenvalue weighted by Gasteiger charge is -2.16. The van der Waals surface area contributed by atoms with E-state index in [0.717, 1.165) is 30.1 Å². The standard InChI is InChI=1S/C20H23N3O3S/c1-25-16-5-3-14(4-6-16)7-9-21-15-11-18(23-20(12-15)26-2)17-8-10-27-19(17)13-22-24/h3-6,8,10-13,17,19,24H,7,9H2,1-2H3,(H,21,23)/b22-13+. The van der Waals surface area contributed by atoms with E-state index in [2.05, 4.69) is 33.7 Å². The number of aromatic nitrogens is 1. The maximum absolute atomic E-state index is 8.87. The molecule has 27 heavy (non-hydrogen) atoms. The zero-order chi connectivity index (χ0) is 19.1. The Kier molecular flexibility index (Phi) is 6.59. The number of allylic oxidation sites excluding steroid dienone is 1. The van der Waals surface area contributed by atoms with E-state index in [1.165, 1.54) is 11.8 Å². The van der Waals surface area contributed by atoms with Crippen molar-refractivity contribution in [2.75, 3.05) is 26.1 Å². The third-order valence-electron chi connectivity index (χ3n) is 4.36. The van der Waals surface area contributed by atoms with Crippen molar-refractivity contribution in [2.45, 2.75) is 17.6 Å². The van der Waals surface area contributed by atoms with Gasteiger partial charge in [-0.25, -0.2) is 4.98 Å². The van der Waals surface area contributed by atoms with E-state index in [4.69, 9.17) is 14.7 Å². The van der Waals surface area contributed by atoms with Crippen molar-refractivity contribution in [1.82, 2.24) is 4.98 Å². The van der Waals surface area contributed by atoms with Crippen molar-refractivity contribution in [3.8, 4) is 11.6 Å². The first-order valence-electron chi connectivity index (χ1n) is 8.66. The van der Waals surface area contributed by atoms with Gasteiger partial charge < -0.3 is 20.0 Å². The Labute approximate surface area is 163 Å². The summed E-state index contributed by atoms with van der Waals surface area (Å²) >= 11 is 1.61. The molecule has 0 amide bonds. The van der Waals surface area contributed by atoms with Gasteiger partial charge in [-0.05, 0) is 35.6 Å². The molecule has 2 aromatic rings. The molecular weight excluding hydrogens is 362 g/mol. The van der Waals surface area contributed by atoms with Gasteiger partial charge in [0.1, 0.15) is 5.75 Å². The summed E-state index contributed by atoms with van der Waals surface area (Å²) in [7, 11) is 3.28. The molecule has 1 aromatic carbocycles. The summed E-state index contributed by atoms with van der Waals surface area (Å²) < 4.78 is 10.5. The summed E-state index contributed by atoms with van der Waals surface area (Å²) in [5, 5.41) is 17.5. The maximum atomic E-state index is 8.87. The molecule has 3 rings (SSSR count). The van der Waals surface area contributed by atoms with Gasteiger partial charge >= 0.3 is 0 Å². The fraction of sp³-hybridized carbons (Fsp3) is 0.300. The summed E-state index contributed by atoms with van der Waals surface area (Å²) in [5.74, 6) is 1.46. The highest BCUT2D eigenvalue weighted by atomic mass is 32.2. The molecule has 0 saturated carbocycles. The van der Waals surface area contributed by atoms with Crippen LogP contribution < -0.4 is 14.8 Å². The molecule has 1 aliphatic heterocycles. The Morgan fingerprint density at radius 3 is 2.74 bits per heavy atom. The predicted octanol–water partition coefficient (Wildman–Crippen LogP) is 3.93. The van der Waals surface area contributed by atoms with E-state index in [-0.39, 0.29) is 11.2 Å². The fourth-order valence-corrected chi connectivity index (χ4v) is 3.89. The first kappa shape index (κ1) is 19.1. The molecule has 0 saturated heterocycles. The molecule has 6 nitrogen and oxygen atoms in total. The van der Waals surface area contributed by atoms with E-state index < -0.39 is 0 Å². The van der Waals surface area contributed by atoms with Crippen LogP contribution in [0.3, 0.4) is 0 Å². The average Bonchev–Trinajstić information content (AvgIpc) is 3.17. The van der Waals surface area contributed by atoms with E-state index in [0.29, 0.717) is 5.88 Å². The number of nitrogens with one attached hydrogen (secondary N) is 1. The number of hydrogen-bond acceptors (Lipinski definition) is 7. The minimum atomic E-state index is 0.0294. The van der Waals surface area contributed by atoms with E-state index in [1.54, 1.807) is 26.0 Å². The van der Waals surface area contributed by atoms with Gasteiger partial charge in [-0.2, -0.15) is 0 Å². The van der Waals surface area contributed by atoms with Crippen LogP contribution >= 0.6 is 11.8 Å². The molecule has 0 bridgehead atoms. The van der Waals surface area contributed by atoms with Gasteiger partial charge in [-0.3, -0.25) is 0 Å². The Balaban J connectivity index is 1.68. The maximum Gasteiger partial charge on any atom is 0.215 e. The number of pyridine rings is 1. The normalized spacial score (nSPS) is 18.7. The van der Waals surface area contributed by atoms with Gasteiger partial charge in [0.15, 0.2) is 0 Å². The van der Waals surface area contributed by atoms with Gasteiger partial charge in [-0.15, -0.1) is 16.9 Å². The first-order valence-corrected chi connectivity index (χ1v) is 9.60. The number of oxime groups is 1. The second-order valence-corrected chi connectivity index (χ2v) is 7.16. The van der Waals surface area contributed by atoms with Crippen LogP contribution in [0.25, 0.3) is 0 Å². The van der Waals surface area contributed by atoms with Crippen LogP contribution in [0.1, 0.15) is 17.2 Å². The van der Waals surface area contributed by atoms with Crippen LogP contribution in [0.4, 0.5) is 5.69 Å². The third-order valence-corrected chi connectivity index (χ3v) is 5.41. The number of hydrogen-bond donors (Lipinski definition) is 2. The van der Waals surface area contributed by atoms with Gasteiger partial charge in [0, 0.05) is 24.2 Å². The molecule has 0 spiro atoms. The highest BCUT2D eigenvalue weighted by Gasteiger charge is 2.26. The molecule has 1 aliphatic rings. The Morgan fingerprint density at radius 2 is 2.04 bits per heavy atom. The minimum Gasteiger partial charge on any atom is -0.497 e. The topological polar surface area (TPSA) is 76.0 Å². The second kappa shape index (κ2) is 9.32. The largest absolute Gasteiger partial charge is 0.497 e. The number of thioether (sulfide) groups is 1. The van der Waals surface area contributed by atoms with Crippen molar-refractivity contribution in [2.24, 2.45) is 5.16 Å². The molecule has 0 fully saturated rings. The summed E-state index contributed by atoms with van der Waals surface area (Å²) in [5.41, 5.74) is 3.07. The molecule has 2 N–H and O–H groups in total. The van der Waals surface area contributed by atoms with Crippen molar-refractivity contribution < 1.29 is 14.7 Å². The summed E-state index contributed by atoms with van der Waals surface area (Å²) in [6, 6.07) is 12.0. The quantitative estimate of drug-likeness (QED) is 0.407. The summed E-state index contributed by atoms with van der Waals surface area (Å²) in [6.45, 7) is 0.787. The van der Waals surface area contributed by atoms with Crippen LogP contribution in [0.15, 0.2) is 53.0 Å². The third kappa shape index (κ3) is 4.95. The average molecular weight is 385 g/mol. The monoisotopic (exact) mass is 385 g/mol. The molecule has 7 heteroatoms. The molecule has 0 radical (unpaired) electrons.